The third-order valence-electron chi connectivity index (χ3n) is 4.80. The van der Waals surface area contributed by atoms with Crippen LogP contribution in [0.5, 0.6) is 5.75 Å². The van der Waals surface area contributed by atoms with Crippen LogP contribution in [-0.2, 0) is 13.0 Å². The molecule has 7 heteroatoms. The van der Waals surface area contributed by atoms with Gasteiger partial charge in [-0.15, -0.1) is 0 Å². The quantitative estimate of drug-likeness (QED) is 0.505. The third kappa shape index (κ3) is 4.46. The zero-order chi connectivity index (χ0) is 20.9. The Kier molecular flexibility index (Phi) is 5.70. The molecule has 0 fully saturated rings. The molecule has 4 aromatic rings. The number of pyridine rings is 2. The topological polar surface area (TPSA) is 90.1 Å². The molecule has 0 spiro atoms. The number of hydrogen-bond acceptors (Lipinski definition) is 6. The molecule has 4 rings (SSSR count). The molecule has 0 saturated carbocycles. The maximum Gasteiger partial charge on any atom is 0.273 e. The fraction of sp³-hybridized carbons (Fsp3) is 0.217. The van der Waals surface area contributed by atoms with Crippen LogP contribution in [0.3, 0.4) is 0 Å². The lowest BCUT2D eigenvalue weighted by molar-refractivity contribution is 0.0930. The summed E-state index contributed by atoms with van der Waals surface area (Å²) in [7, 11) is 0. The van der Waals surface area contributed by atoms with Gasteiger partial charge in [-0.2, -0.15) is 0 Å². The van der Waals surface area contributed by atoms with E-state index in [1.54, 1.807) is 24.7 Å². The van der Waals surface area contributed by atoms with Gasteiger partial charge in [-0.25, -0.2) is 0 Å². The molecule has 0 aliphatic rings. The van der Waals surface area contributed by atoms with Crippen LogP contribution in [0.2, 0.25) is 0 Å². The molecule has 3 aromatic heterocycles. The molecular formula is C23H22N4O3. The molecule has 0 unspecified atom stereocenters. The minimum Gasteiger partial charge on any atom is -0.485 e. The second-order valence-electron chi connectivity index (χ2n) is 7.17. The lowest BCUT2D eigenvalue weighted by atomic mass is 10.1. The Morgan fingerprint density at radius 1 is 1.20 bits per heavy atom. The minimum atomic E-state index is -0.290. The van der Waals surface area contributed by atoms with Gasteiger partial charge in [0, 0.05) is 53.6 Å². The molecule has 0 bridgehead atoms. The van der Waals surface area contributed by atoms with Crippen molar-refractivity contribution in [2.45, 2.75) is 32.9 Å². The van der Waals surface area contributed by atoms with Crippen molar-refractivity contribution in [2.75, 3.05) is 0 Å². The highest BCUT2D eigenvalue weighted by atomic mass is 16.5. The Balaban J connectivity index is 1.36. The summed E-state index contributed by atoms with van der Waals surface area (Å²) < 4.78 is 11.1. The second kappa shape index (κ2) is 8.73. The number of hydrogen-bond donors (Lipinski definition) is 1. The first-order valence-corrected chi connectivity index (χ1v) is 9.72. The van der Waals surface area contributed by atoms with E-state index in [0.29, 0.717) is 12.2 Å². The van der Waals surface area contributed by atoms with Crippen molar-refractivity contribution in [1.82, 2.24) is 20.4 Å². The zero-order valence-corrected chi connectivity index (χ0v) is 16.8. The van der Waals surface area contributed by atoms with Crippen molar-refractivity contribution >= 4 is 16.7 Å². The molecule has 1 atom stereocenters. The highest BCUT2D eigenvalue weighted by molar-refractivity contribution is 5.92. The lowest BCUT2D eigenvalue weighted by Gasteiger charge is -2.13. The van der Waals surface area contributed by atoms with E-state index in [1.807, 2.05) is 50.2 Å². The van der Waals surface area contributed by atoms with Crippen molar-refractivity contribution in [1.29, 1.82) is 0 Å². The van der Waals surface area contributed by atoms with Gasteiger partial charge in [-0.05, 0) is 37.6 Å². The Hall–Kier alpha value is -3.74. The molecule has 152 valence electrons. The Labute approximate surface area is 174 Å². The monoisotopic (exact) mass is 402 g/mol. The molecule has 0 aliphatic heterocycles. The van der Waals surface area contributed by atoms with Crippen molar-refractivity contribution in [2.24, 2.45) is 0 Å². The number of carbonyl (C=O) groups excluding carboxylic acids is 1. The number of amides is 1. The number of rotatable bonds is 7. The van der Waals surface area contributed by atoms with Crippen LogP contribution in [0.4, 0.5) is 0 Å². The molecule has 0 radical (unpaired) electrons. The van der Waals surface area contributed by atoms with Gasteiger partial charge in [0.2, 0.25) is 0 Å². The molecule has 30 heavy (non-hydrogen) atoms. The van der Waals surface area contributed by atoms with Crippen LogP contribution >= 0.6 is 0 Å². The number of nitrogens with zero attached hydrogens (tertiary/aromatic N) is 3. The largest absolute Gasteiger partial charge is 0.485 e. The van der Waals surface area contributed by atoms with E-state index in [0.717, 1.165) is 27.8 Å². The standard InChI is InChI=1S/C23H22N4O3/c1-15-5-4-9-25-20(15)11-16(2)26-23(28)21-12-18(30-27-21)14-29-22-7-3-6-17-13-24-10-8-19(17)22/h3-10,12-13,16H,11,14H2,1-2H3,(H,26,28)/t16-/m0/s1. The van der Waals surface area contributed by atoms with Gasteiger partial charge in [-0.3, -0.25) is 14.8 Å². The highest BCUT2D eigenvalue weighted by Gasteiger charge is 2.16. The summed E-state index contributed by atoms with van der Waals surface area (Å²) in [6.45, 7) is 4.11. The molecule has 0 saturated heterocycles. The molecule has 0 aliphatic carbocycles. The van der Waals surface area contributed by atoms with Crippen molar-refractivity contribution in [3.05, 3.63) is 83.8 Å². The lowest BCUT2D eigenvalue weighted by Crippen LogP contribution is -2.34. The van der Waals surface area contributed by atoms with Crippen molar-refractivity contribution < 1.29 is 14.1 Å². The van der Waals surface area contributed by atoms with E-state index in [1.165, 1.54) is 0 Å². The van der Waals surface area contributed by atoms with Crippen LogP contribution in [0.15, 0.2) is 65.6 Å². The van der Waals surface area contributed by atoms with Gasteiger partial charge in [0.25, 0.3) is 5.91 Å². The van der Waals surface area contributed by atoms with Gasteiger partial charge >= 0.3 is 0 Å². The SMILES string of the molecule is Cc1cccnc1C[C@H](C)NC(=O)c1cc(COc2cccc3cnccc23)on1. The summed E-state index contributed by atoms with van der Waals surface area (Å²) in [6.07, 6.45) is 5.90. The molecule has 1 N–H and O–H groups in total. The number of aryl methyl sites for hydroxylation is 1. The van der Waals surface area contributed by atoms with Gasteiger partial charge in [0.05, 0.1) is 0 Å². The average Bonchev–Trinajstić information content (AvgIpc) is 3.23. The summed E-state index contributed by atoms with van der Waals surface area (Å²) in [5.41, 5.74) is 2.29. The Morgan fingerprint density at radius 3 is 2.97 bits per heavy atom. The molecule has 1 aromatic carbocycles. The van der Waals surface area contributed by atoms with Crippen LogP contribution in [0.1, 0.15) is 34.4 Å². The number of benzene rings is 1. The van der Waals surface area contributed by atoms with Crippen LogP contribution in [-0.4, -0.2) is 27.1 Å². The average molecular weight is 402 g/mol. The van der Waals surface area contributed by atoms with Gasteiger partial charge < -0.3 is 14.6 Å². The van der Waals surface area contributed by atoms with Crippen LogP contribution < -0.4 is 10.1 Å². The van der Waals surface area contributed by atoms with Crippen LogP contribution in [0.25, 0.3) is 10.8 Å². The number of carbonyl (C=O) groups is 1. The van der Waals surface area contributed by atoms with Crippen LogP contribution in [0, 0.1) is 6.92 Å². The van der Waals surface area contributed by atoms with Gasteiger partial charge in [-0.1, -0.05) is 23.4 Å². The number of nitrogens with one attached hydrogen (secondary N) is 1. The third-order valence-corrected chi connectivity index (χ3v) is 4.80. The Bertz CT molecular complexity index is 1170. The normalized spacial score (nSPS) is 11.9. The van der Waals surface area contributed by atoms with E-state index in [4.69, 9.17) is 9.26 Å². The molecule has 3 heterocycles. The highest BCUT2D eigenvalue weighted by Crippen LogP contribution is 2.25. The minimum absolute atomic E-state index is 0.0909. The predicted octanol–water partition coefficient (Wildman–Crippen LogP) is 3.87. The predicted molar refractivity (Wildman–Crippen MR) is 112 cm³/mol. The first-order chi connectivity index (χ1) is 14.6. The molecule has 7 nitrogen and oxygen atoms in total. The van der Waals surface area contributed by atoms with Crippen molar-refractivity contribution in [3.63, 3.8) is 0 Å². The van der Waals surface area contributed by atoms with E-state index < -0.39 is 0 Å². The number of ether oxygens (including phenoxy) is 1. The van der Waals surface area contributed by atoms with E-state index >= 15 is 0 Å². The van der Waals surface area contributed by atoms with Gasteiger partial charge in [0.1, 0.15) is 12.4 Å². The number of fused-ring (bicyclic) bond motifs is 1. The Morgan fingerprint density at radius 2 is 2.10 bits per heavy atom. The van der Waals surface area contributed by atoms with E-state index in [-0.39, 0.29) is 24.2 Å². The fourth-order valence-electron chi connectivity index (χ4n) is 3.23. The first-order valence-electron chi connectivity index (χ1n) is 9.72. The summed E-state index contributed by atoms with van der Waals surface area (Å²) >= 11 is 0. The maximum atomic E-state index is 12.5. The first kappa shape index (κ1) is 19.6. The summed E-state index contributed by atoms with van der Waals surface area (Å²) in [4.78, 5) is 21.0. The summed E-state index contributed by atoms with van der Waals surface area (Å²) in [5.74, 6) is 0.901. The van der Waals surface area contributed by atoms with Gasteiger partial charge in [0.15, 0.2) is 11.5 Å². The van der Waals surface area contributed by atoms with Crippen molar-refractivity contribution in [3.8, 4) is 5.75 Å². The molecular weight excluding hydrogens is 380 g/mol. The zero-order valence-electron chi connectivity index (χ0n) is 16.8. The summed E-state index contributed by atoms with van der Waals surface area (Å²) in [5, 5.41) is 8.76. The maximum absolute atomic E-state index is 12.5. The molecule has 1 amide bonds. The number of aromatic nitrogens is 3. The van der Waals surface area contributed by atoms with E-state index in [9.17, 15) is 4.79 Å². The summed E-state index contributed by atoms with van der Waals surface area (Å²) in [6, 6.07) is 13.1. The smallest absolute Gasteiger partial charge is 0.273 e. The van der Waals surface area contributed by atoms with E-state index in [2.05, 4.69) is 20.4 Å². The fourth-order valence-corrected chi connectivity index (χ4v) is 3.23. The second-order valence-corrected chi connectivity index (χ2v) is 7.17.